The van der Waals surface area contributed by atoms with Crippen LogP contribution in [0, 0.1) is 0 Å². The van der Waals surface area contributed by atoms with E-state index < -0.39 is 6.10 Å². The van der Waals surface area contributed by atoms with Crippen LogP contribution in [0.15, 0.2) is 48.5 Å². The van der Waals surface area contributed by atoms with Gasteiger partial charge in [-0.25, -0.2) is 4.98 Å². The Labute approximate surface area is 157 Å². The molecule has 0 spiro atoms. The number of ketones is 1. The first kappa shape index (κ1) is 18.6. The Morgan fingerprint density at radius 1 is 1.19 bits per heavy atom. The minimum Gasteiger partial charge on any atom is -0.392 e. The minimum atomic E-state index is -0.540. The summed E-state index contributed by atoms with van der Waals surface area (Å²) in [4.78, 5) is 28.6. The van der Waals surface area contributed by atoms with Gasteiger partial charge in [-0.15, -0.1) is 0 Å². The van der Waals surface area contributed by atoms with Crippen molar-refractivity contribution in [3.8, 4) is 0 Å². The number of amides is 1. The fourth-order valence-electron chi connectivity index (χ4n) is 2.77. The van der Waals surface area contributed by atoms with Gasteiger partial charge in [0.1, 0.15) is 6.54 Å². The Morgan fingerprint density at radius 3 is 2.70 bits per heavy atom. The summed E-state index contributed by atoms with van der Waals surface area (Å²) >= 11 is 0. The molecule has 1 heterocycles. The van der Waals surface area contributed by atoms with E-state index in [2.05, 4.69) is 15.6 Å². The molecule has 0 saturated carbocycles. The number of nitrogens with one attached hydrogen (secondary N) is 2. The summed E-state index contributed by atoms with van der Waals surface area (Å²) in [5.41, 5.74) is 2.69. The normalized spacial score (nSPS) is 12.0. The number of hydrogen-bond donors (Lipinski definition) is 3. The number of aliphatic hydroxyl groups excluding tert-OH is 1. The van der Waals surface area contributed by atoms with Gasteiger partial charge in [-0.2, -0.15) is 0 Å². The molecule has 27 heavy (non-hydrogen) atoms. The van der Waals surface area contributed by atoms with E-state index in [1.807, 2.05) is 24.3 Å². The summed E-state index contributed by atoms with van der Waals surface area (Å²) in [6.45, 7) is 3.53. The van der Waals surface area contributed by atoms with E-state index in [0.29, 0.717) is 23.7 Å². The maximum Gasteiger partial charge on any atom is 0.244 e. The van der Waals surface area contributed by atoms with Crippen LogP contribution in [0.5, 0.6) is 0 Å². The average Bonchev–Trinajstić information content (AvgIpc) is 2.97. The largest absolute Gasteiger partial charge is 0.392 e. The predicted molar refractivity (Wildman–Crippen MR) is 105 cm³/mol. The van der Waals surface area contributed by atoms with Crippen molar-refractivity contribution in [1.29, 1.82) is 0 Å². The van der Waals surface area contributed by atoms with E-state index in [-0.39, 0.29) is 18.2 Å². The van der Waals surface area contributed by atoms with E-state index in [0.717, 1.165) is 11.0 Å². The quantitative estimate of drug-likeness (QED) is 0.559. The summed E-state index contributed by atoms with van der Waals surface area (Å²) in [6, 6.07) is 14.3. The summed E-state index contributed by atoms with van der Waals surface area (Å²) in [5, 5.41) is 15.4. The highest BCUT2D eigenvalue weighted by molar-refractivity contribution is 5.97. The Bertz CT molecular complexity index is 978. The van der Waals surface area contributed by atoms with Gasteiger partial charge in [-0.3, -0.25) is 9.59 Å². The Kier molecular flexibility index (Phi) is 5.52. The van der Waals surface area contributed by atoms with Crippen LogP contribution >= 0.6 is 0 Å². The Balaban J connectivity index is 1.82. The number of aromatic nitrogens is 2. The molecule has 0 aliphatic rings. The van der Waals surface area contributed by atoms with Gasteiger partial charge in [0.2, 0.25) is 11.9 Å². The lowest BCUT2D eigenvalue weighted by Gasteiger charge is -2.12. The van der Waals surface area contributed by atoms with Crippen LogP contribution in [0.2, 0.25) is 0 Å². The molecular formula is C20H22N4O3. The number of rotatable bonds is 7. The van der Waals surface area contributed by atoms with Gasteiger partial charge in [-0.05, 0) is 38.1 Å². The smallest absolute Gasteiger partial charge is 0.244 e. The van der Waals surface area contributed by atoms with E-state index in [1.54, 1.807) is 35.8 Å². The van der Waals surface area contributed by atoms with Crippen molar-refractivity contribution < 1.29 is 14.7 Å². The Hall–Kier alpha value is -3.19. The number of para-hydroxylation sites is 2. The molecule has 7 heteroatoms. The van der Waals surface area contributed by atoms with Crippen molar-refractivity contribution in [2.24, 2.45) is 0 Å². The van der Waals surface area contributed by atoms with Gasteiger partial charge in [0.25, 0.3) is 0 Å². The van der Waals surface area contributed by atoms with Crippen molar-refractivity contribution in [3.05, 3.63) is 54.1 Å². The third-order valence-electron chi connectivity index (χ3n) is 4.06. The van der Waals surface area contributed by atoms with Crippen molar-refractivity contribution >= 4 is 34.4 Å². The average molecular weight is 366 g/mol. The standard InChI is InChI=1S/C20H22N4O3/c1-13(25)11-21-20-23-17-8-3-4-9-18(17)24(20)12-19(27)22-16-7-5-6-15(10-16)14(2)26/h3-10,13,25H,11-12H2,1-2H3,(H,21,23)(H,22,27)/t13-/m0/s1. The number of Topliss-reactive ketones (excluding diaryl/α,β-unsaturated/α-hetero) is 1. The summed E-state index contributed by atoms with van der Waals surface area (Å²) in [6.07, 6.45) is -0.540. The SMILES string of the molecule is CC(=O)c1cccc(NC(=O)Cn2c(NC[C@H](C)O)nc3ccccc32)c1. The van der Waals surface area contributed by atoms with Crippen LogP contribution in [0.3, 0.4) is 0 Å². The molecule has 1 atom stereocenters. The number of anilines is 2. The van der Waals surface area contributed by atoms with Crippen LogP contribution in [0.1, 0.15) is 24.2 Å². The van der Waals surface area contributed by atoms with Gasteiger partial charge in [0.15, 0.2) is 5.78 Å². The van der Waals surface area contributed by atoms with Crippen molar-refractivity contribution in [1.82, 2.24) is 9.55 Å². The fraction of sp³-hybridized carbons (Fsp3) is 0.250. The maximum atomic E-state index is 12.6. The summed E-state index contributed by atoms with van der Waals surface area (Å²) in [5.74, 6) is 0.222. The first-order valence-corrected chi connectivity index (χ1v) is 8.72. The third kappa shape index (κ3) is 4.51. The maximum absolute atomic E-state index is 12.6. The number of fused-ring (bicyclic) bond motifs is 1. The number of benzene rings is 2. The van der Waals surface area contributed by atoms with Crippen molar-refractivity contribution in [3.63, 3.8) is 0 Å². The molecule has 0 unspecified atom stereocenters. The molecule has 140 valence electrons. The van der Waals surface area contributed by atoms with Crippen molar-refractivity contribution in [2.45, 2.75) is 26.5 Å². The number of nitrogens with zero attached hydrogens (tertiary/aromatic N) is 2. The zero-order valence-electron chi connectivity index (χ0n) is 15.3. The van der Waals surface area contributed by atoms with Gasteiger partial charge < -0.3 is 20.3 Å². The fourth-order valence-corrected chi connectivity index (χ4v) is 2.77. The topological polar surface area (TPSA) is 96.2 Å². The highest BCUT2D eigenvalue weighted by Gasteiger charge is 2.14. The zero-order valence-corrected chi connectivity index (χ0v) is 15.3. The van der Waals surface area contributed by atoms with E-state index in [9.17, 15) is 14.7 Å². The monoisotopic (exact) mass is 366 g/mol. The van der Waals surface area contributed by atoms with Crippen LogP contribution in [0.4, 0.5) is 11.6 Å². The van der Waals surface area contributed by atoms with Gasteiger partial charge in [0, 0.05) is 17.8 Å². The van der Waals surface area contributed by atoms with E-state index >= 15 is 0 Å². The third-order valence-corrected chi connectivity index (χ3v) is 4.06. The second-order valence-corrected chi connectivity index (χ2v) is 6.43. The van der Waals surface area contributed by atoms with E-state index in [1.165, 1.54) is 6.92 Å². The highest BCUT2D eigenvalue weighted by Crippen LogP contribution is 2.20. The number of carbonyl (C=O) groups excluding carboxylic acids is 2. The molecule has 3 aromatic rings. The molecule has 0 radical (unpaired) electrons. The van der Waals surface area contributed by atoms with Crippen LogP contribution < -0.4 is 10.6 Å². The molecule has 0 aliphatic heterocycles. The molecule has 0 saturated heterocycles. The zero-order chi connectivity index (χ0) is 19.4. The molecule has 7 nitrogen and oxygen atoms in total. The second-order valence-electron chi connectivity index (χ2n) is 6.43. The van der Waals surface area contributed by atoms with Crippen LogP contribution in [-0.2, 0) is 11.3 Å². The first-order chi connectivity index (χ1) is 12.9. The predicted octanol–water partition coefficient (Wildman–Crippen LogP) is 2.67. The molecule has 0 aliphatic carbocycles. The minimum absolute atomic E-state index is 0.0486. The van der Waals surface area contributed by atoms with Crippen molar-refractivity contribution in [2.75, 3.05) is 17.2 Å². The number of carbonyl (C=O) groups is 2. The van der Waals surface area contributed by atoms with Gasteiger partial charge >= 0.3 is 0 Å². The molecule has 2 aromatic carbocycles. The molecular weight excluding hydrogens is 344 g/mol. The lowest BCUT2D eigenvalue weighted by molar-refractivity contribution is -0.116. The molecule has 1 amide bonds. The second kappa shape index (κ2) is 8.01. The molecule has 3 rings (SSSR count). The van der Waals surface area contributed by atoms with Gasteiger partial charge in [0.05, 0.1) is 17.1 Å². The first-order valence-electron chi connectivity index (χ1n) is 8.72. The lowest BCUT2D eigenvalue weighted by atomic mass is 10.1. The van der Waals surface area contributed by atoms with Crippen LogP contribution in [-0.4, -0.2) is 39.0 Å². The number of hydrogen-bond acceptors (Lipinski definition) is 5. The van der Waals surface area contributed by atoms with Crippen LogP contribution in [0.25, 0.3) is 11.0 Å². The summed E-state index contributed by atoms with van der Waals surface area (Å²) < 4.78 is 1.77. The molecule has 1 aromatic heterocycles. The number of imidazole rings is 1. The van der Waals surface area contributed by atoms with Gasteiger partial charge in [-0.1, -0.05) is 24.3 Å². The number of aliphatic hydroxyl groups is 1. The lowest BCUT2D eigenvalue weighted by Crippen LogP contribution is -2.22. The molecule has 3 N–H and O–H groups in total. The highest BCUT2D eigenvalue weighted by atomic mass is 16.3. The molecule has 0 bridgehead atoms. The van der Waals surface area contributed by atoms with E-state index in [4.69, 9.17) is 0 Å². The Morgan fingerprint density at radius 2 is 1.96 bits per heavy atom. The summed E-state index contributed by atoms with van der Waals surface area (Å²) in [7, 11) is 0. The molecule has 0 fully saturated rings.